The van der Waals surface area contributed by atoms with Crippen molar-refractivity contribution in [2.75, 3.05) is 14.2 Å². The van der Waals surface area contributed by atoms with Gasteiger partial charge >= 0.3 is 0 Å². The molecule has 20 heavy (non-hydrogen) atoms. The summed E-state index contributed by atoms with van der Waals surface area (Å²) in [5, 5.41) is 0. The number of methoxy groups -OCH3 is 2. The number of ether oxygens (including phenoxy) is 2. The second kappa shape index (κ2) is 6.57. The summed E-state index contributed by atoms with van der Waals surface area (Å²) in [6.07, 6.45) is 0. The lowest BCUT2D eigenvalue weighted by Crippen LogP contribution is -2.09. The molecule has 0 aromatic heterocycles. The molecule has 104 valence electrons. The Morgan fingerprint density at radius 1 is 1.05 bits per heavy atom. The van der Waals surface area contributed by atoms with E-state index in [1.807, 2.05) is 30.3 Å². The Bertz CT molecular complexity index is 596. The van der Waals surface area contributed by atoms with E-state index in [9.17, 15) is 4.79 Å². The Morgan fingerprint density at radius 3 is 2.35 bits per heavy atom. The maximum atomic E-state index is 12.6. The van der Waals surface area contributed by atoms with Crippen LogP contribution in [0.4, 0.5) is 0 Å². The van der Waals surface area contributed by atoms with Crippen LogP contribution in [-0.2, 0) is 0 Å². The van der Waals surface area contributed by atoms with E-state index in [2.05, 4.69) is 15.9 Å². The fourth-order valence-electron chi connectivity index (χ4n) is 1.91. The highest BCUT2D eigenvalue weighted by Gasteiger charge is 2.22. The van der Waals surface area contributed by atoms with E-state index in [4.69, 9.17) is 9.47 Å². The lowest BCUT2D eigenvalue weighted by Gasteiger charge is -2.13. The van der Waals surface area contributed by atoms with E-state index in [1.165, 1.54) is 7.11 Å². The lowest BCUT2D eigenvalue weighted by molar-refractivity contribution is 0.0988. The Hall–Kier alpha value is -1.81. The van der Waals surface area contributed by atoms with Crippen molar-refractivity contribution in [2.45, 2.75) is 4.83 Å². The van der Waals surface area contributed by atoms with Crippen LogP contribution >= 0.6 is 15.9 Å². The van der Waals surface area contributed by atoms with Gasteiger partial charge in [-0.15, -0.1) is 0 Å². The molecule has 0 aliphatic carbocycles. The summed E-state index contributed by atoms with van der Waals surface area (Å²) in [4.78, 5) is 12.2. The third-order valence-electron chi connectivity index (χ3n) is 3.00. The summed E-state index contributed by atoms with van der Waals surface area (Å²) in [6.45, 7) is 0. The summed E-state index contributed by atoms with van der Waals surface area (Å²) in [7, 11) is 3.12. The molecule has 0 heterocycles. The second-order valence-electron chi connectivity index (χ2n) is 4.20. The van der Waals surface area contributed by atoms with Gasteiger partial charge in [0.15, 0.2) is 5.78 Å². The first-order chi connectivity index (χ1) is 9.67. The molecule has 0 saturated carbocycles. The smallest absolute Gasteiger partial charge is 0.184 e. The molecule has 2 aromatic carbocycles. The van der Waals surface area contributed by atoms with E-state index in [0.29, 0.717) is 17.1 Å². The van der Waals surface area contributed by atoms with Gasteiger partial charge in [-0.1, -0.05) is 46.3 Å². The van der Waals surface area contributed by atoms with Crippen molar-refractivity contribution in [3.63, 3.8) is 0 Å². The Labute approximate surface area is 126 Å². The average Bonchev–Trinajstić information content (AvgIpc) is 2.53. The fraction of sp³-hybridized carbons (Fsp3) is 0.188. The SMILES string of the molecule is COc1ccc(C(=O)C(Br)c2ccccc2)c(OC)c1. The van der Waals surface area contributed by atoms with Crippen molar-refractivity contribution in [1.29, 1.82) is 0 Å². The largest absolute Gasteiger partial charge is 0.497 e. The zero-order chi connectivity index (χ0) is 14.5. The van der Waals surface area contributed by atoms with Crippen molar-refractivity contribution in [2.24, 2.45) is 0 Å². The Morgan fingerprint density at radius 2 is 1.75 bits per heavy atom. The topological polar surface area (TPSA) is 35.5 Å². The van der Waals surface area contributed by atoms with Gasteiger partial charge in [0.05, 0.1) is 19.8 Å². The zero-order valence-electron chi connectivity index (χ0n) is 11.3. The van der Waals surface area contributed by atoms with Crippen LogP contribution in [0, 0.1) is 0 Å². The summed E-state index contributed by atoms with van der Waals surface area (Å²) < 4.78 is 10.4. The Balaban J connectivity index is 2.33. The highest BCUT2D eigenvalue weighted by molar-refractivity contribution is 9.09. The van der Waals surface area contributed by atoms with E-state index < -0.39 is 4.83 Å². The number of Topliss-reactive ketones (excluding diaryl/α,β-unsaturated/α-hetero) is 1. The molecule has 1 unspecified atom stereocenters. The molecule has 0 spiro atoms. The molecule has 1 atom stereocenters. The van der Waals surface area contributed by atoms with Gasteiger partial charge in [0, 0.05) is 6.07 Å². The minimum Gasteiger partial charge on any atom is -0.497 e. The van der Waals surface area contributed by atoms with Gasteiger partial charge in [-0.3, -0.25) is 4.79 Å². The van der Waals surface area contributed by atoms with Gasteiger partial charge < -0.3 is 9.47 Å². The quantitative estimate of drug-likeness (QED) is 0.611. The van der Waals surface area contributed by atoms with E-state index in [1.54, 1.807) is 25.3 Å². The molecule has 0 bridgehead atoms. The number of carbonyl (C=O) groups is 1. The van der Waals surface area contributed by atoms with E-state index in [-0.39, 0.29) is 5.78 Å². The molecule has 0 saturated heterocycles. The van der Waals surface area contributed by atoms with Gasteiger partial charge in [0.25, 0.3) is 0 Å². The molecule has 2 rings (SSSR count). The molecule has 0 N–H and O–H groups in total. The van der Waals surface area contributed by atoms with Crippen LogP contribution in [0.25, 0.3) is 0 Å². The predicted octanol–water partition coefficient (Wildman–Crippen LogP) is 4.02. The van der Waals surface area contributed by atoms with E-state index in [0.717, 1.165) is 5.56 Å². The number of alkyl halides is 1. The number of hydrogen-bond acceptors (Lipinski definition) is 3. The van der Waals surface area contributed by atoms with E-state index >= 15 is 0 Å². The summed E-state index contributed by atoms with van der Waals surface area (Å²) in [5.41, 5.74) is 1.44. The number of carbonyl (C=O) groups excluding carboxylic acids is 1. The van der Waals surface area contributed by atoms with Crippen LogP contribution in [0.3, 0.4) is 0 Å². The van der Waals surface area contributed by atoms with Crippen molar-refractivity contribution < 1.29 is 14.3 Å². The normalized spacial score (nSPS) is 11.8. The van der Waals surface area contributed by atoms with Crippen molar-refractivity contribution in [3.8, 4) is 11.5 Å². The van der Waals surface area contributed by atoms with Crippen molar-refractivity contribution in [3.05, 3.63) is 59.7 Å². The van der Waals surface area contributed by atoms with Crippen LogP contribution in [0.1, 0.15) is 20.7 Å². The van der Waals surface area contributed by atoms with Crippen molar-refractivity contribution in [1.82, 2.24) is 0 Å². The fourth-order valence-corrected chi connectivity index (χ4v) is 2.46. The third kappa shape index (κ3) is 3.02. The minimum atomic E-state index is -0.397. The standard InChI is InChI=1S/C16H15BrO3/c1-19-12-8-9-13(14(10-12)20-2)16(18)15(17)11-6-4-3-5-7-11/h3-10,15H,1-2H3. The first-order valence-corrected chi connectivity index (χ1v) is 7.04. The molecule has 3 nitrogen and oxygen atoms in total. The number of rotatable bonds is 5. The second-order valence-corrected chi connectivity index (χ2v) is 5.12. The van der Waals surface area contributed by atoms with Gasteiger partial charge in [0.2, 0.25) is 0 Å². The number of ketones is 1. The predicted molar refractivity (Wildman–Crippen MR) is 82.0 cm³/mol. The summed E-state index contributed by atoms with van der Waals surface area (Å²) in [5.74, 6) is 1.12. The molecule has 0 fully saturated rings. The number of hydrogen-bond donors (Lipinski definition) is 0. The third-order valence-corrected chi connectivity index (χ3v) is 3.94. The van der Waals surface area contributed by atoms with Crippen molar-refractivity contribution >= 4 is 21.7 Å². The molecule has 0 aliphatic heterocycles. The maximum Gasteiger partial charge on any atom is 0.184 e. The zero-order valence-corrected chi connectivity index (χ0v) is 12.9. The van der Waals surface area contributed by atoms with Crippen LogP contribution in [-0.4, -0.2) is 20.0 Å². The highest BCUT2D eigenvalue weighted by atomic mass is 79.9. The summed E-state index contributed by atoms with van der Waals surface area (Å²) in [6, 6.07) is 14.7. The monoisotopic (exact) mass is 334 g/mol. The van der Waals surface area contributed by atoms with Crippen LogP contribution in [0.15, 0.2) is 48.5 Å². The van der Waals surface area contributed by atoms with Gasteiger partial charge in [-0.25, -0.2) is 0 Å². The van der Waals surface area contributed by atoms with Gasteiger partial charge in [0.1, 0.15) is 16.3 Å². The maximum absolute atomic E-state index is 12.6. The molecular formula is C16H15BrO3. The van der Waals surface area contributed by atoms with Crippen LogP contribution < -0.4 is 9.47 Å². The first-order valence-electron chi connectivity index (χ1n) is 6.12. The molecule has 0 amide bonds. The molecule has 4 heteroatoms. The minimum absolute atomic E-state index is 0.0456. The lowest BCUT2D eigenvalue weighted by atomic mass is 10.0. The average molecular weight is 335 g/mol. The number of benzene rings is 2. The number of halogens is 1. The van der Waals surface area contributed by atoms with Crippen LogP contribution in [0.2, 0.25) is 0 Å². The molecule has 0 aliphatic rings. The highest BCUT2D eigenvalue weighted by Crippen LogP contribution is 2.32. The summed E-state index contributed by atoms with van der Waals surface area (Å²) >= 11 is 3.45. The van der Waals surface area contributed by atoms with Gasteiger partial charge in [-0.05, 0) is 17.7 Å². The molecule has 2 aromatic rings. The van der Waals surface area contributed by atoms with Gasteiger partial charge in [-0.2, -0.15) is 0 Å². The Kier molecular flexibility index (Phi) is 4.79. The molecule has 0 radical (unpaired) electrons. The first kappa shape index (κ1) is 14.6. The van der Waals surface area contributed by atoms with Crippen LogP contribution in [0.5, 0.6) is 11.5 Å². The molecular weight excluding hydrogens is 320 g/mol.